The Hall–Kier alpha value is -2.50. The average molecular weight is 334 g/mol. The number of benzene rings is 2. The Morgan fingerprint density at radius 1 is 1.04 bits per heavy atom. The van der Waals surface area contributed by atoms with E-state index in [1.807, 2.05) is 36.4 Å². The molecule has 25 heavy (non-hydrogen) atoms. The van der Waals surface area contributed by atoms with Crippen LogP contribution in [0.25, 0.3) is 11.4 Å². The lowest BCUT2D eigenvalue weighted by molar-refractivity contribution is 0.206. The zero-order valence-corrected chi connectivity index (χ0v) is 14.2. The highest BCUT2D eigenvalue weighted by atomic mass is 16.5. The van der Waals surface area contributed by atoms with Crippen molar-refractivity contribution < 1.29 is 4.52 Å². The minimum atomic E-state index is 0.0460. The van der Waals surface area contributed by atoms with E-state index in [0.29, 0.717) is 17.6 Å². The monoisotopic (exact) mass is 334 g/mol. The van der Waals surface area contributed by atoms with Gasteiger partial charge in [0.15, 0.2) is 0 Å². The van der Waals surface area contributed by atoms with Gasteiger partial charge >= 0.3 is 0 Å². The van der Waals surface area contributed by atoms with Crippen molar-refractivity contribution in [2.24, 2.45) is 5.73 Å². The second kappa shape index (κ2) is 6.78. The Balaban J connectivity index is 1.50. The summed E-state index contributed by atoms with van der Waals surface area (Å²) in [6, 6.07) is 20.5. The van der Waals surface area contributed by atoms with Crippen molar-refractivity contribution in [1.82, 2.24) is 15.0 Å². The summed E-state index contributed by atoms with van der Waals surface area (Å²) in [6.45, 7) is 3.82. The predicted octanol–water partition coefficient (Wildman–Crippen LogP) is 3.22. The molecule has 0 radical (unpaired) electrons. The zero-order chi connectivity index (χ0) is 17.2. The maximum absolute atomic E-state index is 6.41. The normalized spacial score (nSPS) is 22.2. The van der Waals surface area contributed by atoms with E-state index in [4.69, 9.17) is 10.3 Å². The third-order valence-electron chi connectivity index (χ3n) is 5.00. The highest BCUT2D eigenvalue weighted by Gasteiger charge is 2.35. The average Bonchev–Trinajstić information content (AvgIpc) is 3.30. The molecule has 1 aromatic heterocycles. The molecule has 0 saturated carbocycles. The van der Waals surface area contributed by atoms with Crippen molar-refractivity contribution in [2.75, 3.05) is 13.1 Å². The number of aromatic nitrogens is 2. The molecule has 1 aliphatic heterocycles. The van der Waals surface area contributed by atoms with Gasteiger partial charge in [0.05, 0.1) is 6.04 Å². The van der Waals surface area contributed by atoms with E-state index in [0.717, 1.165) is 18.7 Å². The van der Waals surface area contributed by atoms with E-state index in [9.17, 15) is 0 Å². The van der Waals surface area contributed by atoms with Crippen molar-refractivity contribution in [3.8, 4) is 11.4 Å². The first kappa shape index (κ1) is 16.0. The summed E-state index contributed by atoms with van der Waals surface area (Å²) >= 11 is 0. The standard InChI is InChI=1S/C20H22N4O/c1-14(20-22-19(23-25-20)16-10-6-3-7-11-16)24-12-17(18(21)13-24)15-8-4-2-5-9-15/h2-11,14,17-18H,12-13,21H2,1H3/t14?,17-,18+/m0/s1. The smallest absolute Gasteiger partial charge is 0.244 e. The maximum Gasteiger partial charge on any atom is 0.244 e. The van der Waals surface area contributed by atoms with Gasteiger partial charge in [0.25, 0.3) is 0 Å². The number of likely N-dealkylation sites (tertiary alicyclic amines) is 1. The van der Waals surface area contributed by atoms with Crippen LogP contribution in [0.5, 0.6) is 0 Å². The Bertz CT molecular complexity index is 818. The first-order valence-electron chi connectivity index (χ1n) is 8.66. The molecule has 4 rings (SSSR count). The molecule has 5 nitrogen and oxygen atoms in total. The highest BCUT2D eigenvalue weighted by Crippen LogP contribution is 2.32. The fourth-order valence-electron chi connectivity index (χ4n) is 3.50. The predicted molar refractivity (Wildman–Crippen MR) is 96.9 cm³/mol. The van der Waals surface area contributed by atoms with Crippen molar-refractivity contribution in [1.29, 1.82) is 0 Å². The van der Waals surface area contributed by atoms with Gasteiger partial charge in [-0.25, -0.2) is 0 Å². The van der Waals surface area contributed by atoms with Crippen LogP contribution in [0.3, 0.4) is 0 Å². The van der Waals surface area contributed by atoms with E-state index < -0.39 is 0 Å². The van der Waals surface area contributed by atoms with Gasteiger partial charge < -0.3 is 10.3 Å². The number of rotatable bonds is 4. The van der Waals surface area contributed by atoms with Crippen LogP contribution < -0.4 is 5.73 Å². The van der Waals surface area contributed by atoms with Crippen LogP contribution in [0.2, 0.25) is 0 Å². The largest absolute Gasteiger partial charge is 0.337 e. The topological polar surface area (TPSA) is 68.2 Å². The Labute approximate surface area is 147 Å². The van der Waals surface area contributed by atoms with Crippen LogP contribution >= 0.6 is 0 Å². The molecule has 1 aliphatic rings. The summed E-state index contributed by atoms with van der Waals surface area (Å²) in [5.41, 5.74) is 8.66. The minimum Gasteiger partial charge on any atom is -0.337 e. The highest BCUT2D eigenvalue weighted by molar-refractivity contribution is 5.53. The third kappa shape index (κ3) is 3.21. The van der Waals surface area contributed by atoms with Crippen LogP contribution in [-0.2, 0) is 0 Å². The summed E-state index contributed by atoms with van der Waals surface area (Å²) in [5.74, 6) is 1.60. The molecule has 128 valence electrons. The molecule has 2 N–H and O–H groups in total. The molecule has 0 spiro atoms. The van der Waals surface area contributed by atoms with Gasteiger partial charge in [-0.05, 0) is 12.5 Å². The summed E-state index contributed by atoms with van der Waals surface area (Å²) in [6.07, 6.45) is 0. The molecule has 1 fully saturated rings. The second-order valence-corrected chi connectivity index (χ2v) is 6.63. The molecule has 0 aliphatic carbocycles. The number of nitrogens with two attached hydrogens (primary N) is 1. The molecule has 1 saturated heterocycles. The van der Waals surface area contributed by atoms with E-state index in [-0.39, 0.29) is 12.1 Å². The van der Waals surface area contributed by atoms with Crippen molar-refractivity contribution in [3.05, 3.63) is 72.1 Å². The van der Waals surface area contributed by atoms with Gasteiger partial charge in [0, 0.05) is 30.6 Å². The number of hydrogen-bond acceptors (Lipinski definition) is 5. The first-order valence-corrected chi connectivity index (χ1v) is 8.66. The zero-order valence-electron chi connectivity index (χ0n) is 14.2. The lowest BCUT2D eigenvalue weighted by Crippen LogP contribution is -2.30. The van der Waals surface area contributed by atoms with Crippen molar-refractivity contribution in [2.45, 2.75) is 24.9 Å². The van der Waals surface area contributed by atoms with E-state index in [2.05, 4.69) is 46.2 Å². The quantitative estimate of drug-likeness (QED) is 0.793. The van der Waals surface area contributed by atoms with E-state index in [1.165, 1.54) is 5.56 Å². The fraction of sp³-hybridized carbons (Fsp3) is 0.300. The van der Waals surface area contributed by atoms with Gasteiger partial charge in [-0.15, -0.1) is 0 Å². The molecule has 3 atom stereocenters. The van der Waals surface area contributed by atoms with Gasteiger partial charge in [0.2, 0.25) is 11.7 Å². The maximum atomic E-state index is 6.41. The molecule has 5 heteroatoms. The van der Waals surface area contributed by atoms with Gasteiger partial charge in [-0.2, -0.15) is 4.98 Å². The summed E-state index contributed by atoms with van der Waals surface area (Å²) in [5, 5.41) is 4.13. The summed E-state index contributed by atoms with van der Waals surface area (Å²) in [7, 11) is 0. The van der Waals surface area contributed by atoms with Crippen LogP contribution in [0.15, 0.2) is 65.2 Å². The molecule has 2 aromatic carbocycles. The molecule has 2 heterocycles. The van der Waals surface area contributed by atoms with Crippen molar-refractivity contribution in [3.63, 3.8) is 0 Å². The Kier molecular flexibility index (Phi) is 4.34. The van der Waals surface area contributed by atoms with Crippen LogP contribution in [-0.4, -0.2) is 34.2 Å². The van der Waals surface area contributed by atoms with E-state index in [1.54, 1.807) is 0 Å². The number of hydrogen-bond donors (Lipinski definition) is 1. The second-order valence-electron chi connectivity index (χ2n) is 6.63. The Morgan fingerprint density at radius 2 is 1.72 bits per heavy atom. The Morgan fingerprint density at radius 3 is 2.44 bits per heavy atom. The van der Waals surface area contributed by atoms with Gasteiger partial charge in [0.1, 0.15) is 0 Å². The van der Waals surface area contributed by atoms with E-state index >= 15 is 0 Å². The van der Waals surface area contributed by atoms with Crippen LogP contribution in [0.4, 0.5) is 0 Å². The summed E-state index contributed by atoms with van der Waals surface area (Å²) < 4.78 is 5.53. The molecule has 1 unspecified atom stereocenters. The molecule has 0 bridgehead atoms. The lowest BCUT2D eigenvalue weighted by Gasteiger charge is -2.20. The summed E-state index contributed by atoms with van der Waals surface area (Å²) in [4.78, 5) is 6.91. The minimum absolute atomic E-state index is 0.0460. The van der Waals surface area contributed by atoms with Crippen molar-refractivity contribution >= 4 is 0 Å². The first-order chi connectivity index (χ1) is 12.2. The molecule has 0 amide bonds. The van der Waals surface area contributed by atoms with Gasteiger partial charge in [-0.1, -0.05) is 65.8 Å². The SMILES string of the molecule is CC(c1nc(-c2ccccc2)no1)N1C[C@@H](N)[C@H](c2ccccc2)C1. The number of nitrogens with zero attached hydrogens (tertiary/aromatic N) is 3. The fourth-order valence-corrected chi connectivity index (χ4v) is 3.50. The third-order valence-corrected chi connectivity index (χ3v) is 5.00. The lowest BCUT2D eigenvalue weighted by atomic mass is 9.95. The van der Waals surface area contributed by atoms with Crippen LogP contribution in [0, 0.1) is 0 Å². The van der Waals surface area contributed by atoms with Crippen LogP contribution in [0.1, 0.15) is 30.3 Å². The van der Waals surface area contributed by atoms with Gasteiger partial charge in [-0.3, -0.25) is 4.90 Å². The molecular formula is C20H22N4O. The molecule has 3 aromatic rings. The molecular weight excluding hydrogens is 312 g/mol.